The average molecular weight is 647 g/mol. The molecule has 0 aromatic heterocycles. The third-order valence-electron chi connectivity index (χ3n) is 15.4. The number of hydrogen-bond donors (Lipinski definition) is 0. The van der Waals surface area contributed by atoms with E-state index < -0.39 is 5.41 Å². The lowest BCUT2D eigenvalue weighted by Gasteiger charge is -2.24. The topological polar surface area (TPSA) is 40.6 Å². The van der Waals surface area contributed by atoms with Crippen molar-refractivity contribution in [1.29, 1.82) is 0 Å². The highest BCUT2D eigenvalue weighted by Gasteiger charge is 2.78. The lowest BCUT2D eigenvalue weighted by atomic mass is 9.88. The largest absolute Gasteiger partial charge is 0.348 e. The molecule has 1 saturated carbocycles. The number of amides is 2. The summed E-state index contributed by atoms with van der Waals surface area (Å²) in [6.45, 7) is 0. The second-order valence-electron chi connectivity index (χ2n) is 17.2. The maximum atomic E-state index is 14.8. The Bertz CT molecular complexity index is 3830. The average Bonchev–Trinajstić information content (AvgIpc) is 3.71. The van der Waals surface area contributed by atoms with Gasteiger partial charge in [0.25, 0.3) is 0 Å². The fourth-order valence-electron chi connectivity index (χ4n) is 14.3. The molecule has 232 valence electrons. The minimum atomic E-state index is -1.18. The van der Waals surface area contributed by atoms with Crippen molar-refractivity contribution in [2.45, 2.75) is 11.8 Å². The van der Waals surface area contributed by atoms with Crippen molar-refractivity contribution < 1.29 is 9.59 Å². The molecule has 17 rings (SSSR count). The number of carbonyl (C=O) groups is 2. The van der Waals surface area contributed by atoms with E-state index in [1.807, 2.05) is 28.2 Å². The molecule has 0 radical (unpaired) electrons. The Labute approximate surface area is 286 Å². The summed E-state index contributed by atoms with van der Waals surface area (Å²) in [4.78, 5) is 33.0. The number of rotatable bonds is 2. The van der Waals surface area contributed by atoms with Gasteiger partial charge in [-0.25, -0.2) is 0 Å². The van der Waals surface area contributed by atoms with E-state index in [1.165, 1.54) is 162 Å². The van der Waals surface area contributed by atoms with E-state index in [1.54, 1.807) is 9.80 Å². The number of benzene rings is 9. The maximum Gasteiger partial charge on any atom is 0.239 e. The van der Waals surface area contributed by atoms with Gasteiger partial charge in [-0.1, -0.05) is 48.5 Å². The first-order valence-corrected chi connectivity index (χ1v) is 18.3. The second-order valence-corrected chi connectivity index (χ2v) is 17.2. The SMILES string of the molecule is CN(C)C(=O)C1(C(=O)N(C)C)C2c3c4ccc5c6ccc7c8ccc9c%10ccc%11c(c%12c3c3c4c5c4c6c7c5c8c9c6c%10c%11c%12c7c3c4c5c67)C21. The van der Waals surface area contributed by atoms with E-state index in [2.05, 4.69) is 48.5 Å². The number of carbonyl (C=O) groups excluding carboxylic acids is 2. The first-order valence-electron chi connectivity index (χ1n) is 18.3. The Morgan fingerprint density at radius 3 is 0.843 bits per heavy atom. The highest BCUT2D eigenvalue weighted by Crippen LogP contribution is 2.80. The number of fused-ring (bicyclic) bond motifs is 8. The van der Waals surface area contributed by atoms with Crippen molar-refractivity contribution in [3.05, 3.63) is 59.7 Å². The lowest BCUT2D eigenvalue weighted by molar-refractivity contribution is -0.147. The Kier molecular flexibility index (Phi) is 2.78. The van der Waals surface area contributed by atoms with Gasteiger partial charge in [0.05, 0.1) is 0 Å². The van der Waals surface area contributed by atoms with Gasteiger partial charge in [-0.3, -0.25) is 9.59 Å². The minimum absolute atomic E-state index is 0.0710. The first-order chi connectivity index (χ1) is 24.9. The van der Waals surface area contributed by atoms with Crippen LogP contribution in [0.2, 0.25) is 0 Å². The molecule has 1 fully saturated rings. The van der Waals surface area contributed by atoms with Crippen LogP contribution in [0.5, 0.6) is 0 Å². The van der Waals surface area contributed by atoms with E-state index in [9.17, 15) is 9.59 Å². The van der Waals surface area contributed by atoms with Crippen LogP contribution < -0.4 is 0 Å². The van der Waals surface area contributed by atoms with Gasteiger partial charge in [0.15, 0.2) is 0 Å². The molecule has 2 amide bonds. The monoisotopic (exact) mass is 646 g/mol. The molecular weight excluding hydrogens is 625 g/mol. The zero-order chi connectivity index (χ0) is 32.9. The smallest absolute Gasteiger partial charge is 0.239 e. The van der Waals surface area contributed by atoms with Crippen LogP contribution in [0.15, 0.2) is 48.5 Å². The summed E-state index contributed by atoms with van der Waals surface area (Å²) < 4.78 is 0. The Hall–Kier alpha value is -6.00. The zero-order valence-corrected chi connectivity index (χ0v) is 28.0. The molecule has 0 bridgehead atoms. The van der Waals surface area contributed by atoms with Crippen LogP contribution in [0.4, 0.5) is 0 Å². The van der Waals surface area contributed by atoms with Crippen LogP contribution in [0.25, 0.3) is 151 Å². The van der Waals surface area contributed by atoms with Gasteiger partial charge >= 0.3 is 0 Å². The molecule has 15 aromatic rings. The predicted octanol–water partition coefficient (Wildman–Crippen LogP) is 10.4. The van der Waals surface area contributed by atoms with Gasteiger partial charge in [0.2, 0.25) is 11.8 Å². The molecule has 0 saturated heterocycles. The molecule has 0 heterocycles. The molecule has 2 unspecified atom stereocenters. The Balaban J connectivity index is 1.32. The van der Waals surface area contributed by atoms with Crippen molar-refractivity contribution in [3.63, 3.8) is 0 Å². The van der Waals surface area contributed by atoms with Gasteiger partial charge in [-0.15, -0.1) is 0 Å². The predicted molar refractivity (Wildman–Crippen MR) is 211 cm³/mol. The summed E-state index contributed by atoms with van der Waals surface area (Å²) in [7, 11) is 7.31. The van der Waals surface area contributed by atoms with E-state index in [0.717, 1.165) is 0 Å². The van der Waals surface area contributed by atoms with Gasteiger partial charge in [-0.05, 0) is 162 Å². The molecule has 51 heavy (non-hydrogen) atoms. The molecule has 0 aliphatic heterocycles. The van der Waals surface area contributed by atoms with Crippen LogP contribution in [0.3, 0.4) is 0 Å². The number of hydrogen-bond acceptors (Lipinski definition) is 2. The fourth-order valence-corrected chi connectivity index (χ4v) is 14.3. The van der Waals surface area contributed by atoms with E-state index >= 15 is 0 Å². The summed E-state index contributed by atoms with van der Waals surface area (Å²) in [6, 6.07) is 19.1. The second kappa shape index (κ2) is 6.05. The van der Waals surface area contributed by atoms with E-state index in [0.29, 0.717) is 0 Å². The summed E-state index contributed by atoms with van der Waals surface area (Å²) >= 11 is 0. The van der Waals surface area contributed by atoms with Gasteiger partial charge in [-0.2, -0.15) is 0 Å². The molecule has 15 aromatic carbocycles. The third-order valence-corrected chi connectivity index (χ3v) is 15.4. The van der Waals surface area contributed by atoms with Crippen LogP contribution >= 0.6 is 0 Å². The molecule has 4 heteroatoms. The van der Waals surface area contributed by atoms with Gasteiger partial charge in [0.1, 0.15) is 5.41 Å². The fraction of sp³-hybridized carbons (Fsp3) is 0.149. The molecule has 2 atom stereocenters. The highest BCUT2D eigenvalue weighted by atomic mass is 16.2. The molecule has 2 aliphatic rings. The molecule has 0 N–H and O–H groups in total. The number of nitrogens with zero attached hydrogens (tertiary/aromatic N) is 2. The Morgan fingerprint density at radius 2 is 0.569 bits per heavy atom. The lowest BCUT2D eigenvalue weighted by Crippen LogP contribution is -2.43. The summed E-state index contributed by atoms with van der Waals surface area (Å²) in [5.41, 5.74) is 1.31. The molecule has 2 aliphatic carbocycles. The van der Waals surface area contributed by atoms with Crippen LogP contribution in [0, 0.1) is 5.41 Å². The van der Waals surface area contributed by atoms with Crippen LogP contribution in [-0.4, -0.2) is 49.8 Å². The summed E-state index contributed by atoms with van der Waals surface area (Å²) in [5.74, 6) is -0.574. The van der Waals surface area contributed by atoms with Crippen LogP contribution in [-0.2, 0) is 9.59 Å². The quantitative estimate of drug-likeness (QED) is 0.139. The van der Waals surface area contributed by atoms with Crippen molar-refractivity contribution in [2.24, 2.45) is 5.41 Å². The zero-order valence-electron chi connectivity index (χ0n) is 28.0. The maximum absolute atomic E-state index is 14.8. The molecule has 0 spiro atoms. The standard InChI is InChI=1S/C47H22N2O2/c1-48(2)45(50)47(46(51)49(3)4)43-29-19-11-9-17-15-7-5-13-14-6-8-16-18-10-12-20-28-26(18)33-24(16)22(14)31-21(13)23(15)32-25(17)27(19)34-36(29)37(30(20)44(43)47)35(28)42-40(33)38(31)39(32)41(34)42/h5-12,43-44H,1-4H3. The van der Waals surface area contributed by atoms with Crippen molar-refractivity contribution >= 4 is 163 Å². The Morgan fingerprint density at radius 1 is 0.353 bits per heavy atom. The summed E-state index contributed by atoms with van der Waals surface area (Å²) in [6.07, 6.45) is 0. The van der Waals surface area contributed by atoms with Crippen LogP contribution in [0.1, 0.15) is 23.0 Å². The first kappa shape index (κ1) is 23.4. The highest BCUT2D eigenvalue weighted by molar-refractivity contribution is 6.69. The molecule has 4 nitrogen and oxygen atoms in total. The summed E-state index contributed by atoms with van der Waals surface area (Å²) in [5, 5.41) is 39.1. The minimum Gasteiger partial charge on any atom is -0.348 e. The van der Waals surface area contributed by atoms with Crippen molar-refractivity contribution in [2.75, 3.05) is 28.2 Å². The van der Waals surface area contributed by atoms with Crippen molar-refractivity contribution in [1.82, 2.24) is 9.80 Å². The van der Waals surface area contributed by atoms with Gasteiger partial charge in [0, 0.05) is 40.0 Å². The van der Waals surface area contributed by atoms with E-state index in [-0.39, 0.29) is 23.7 Å². The molecular formula is C47H22N2O2. The third kappa shape index (κ3) is 1.66. The normalized spacial score (nSPS) is 19.7. The van der Waals surface area contributed by atoms with E-state index in [4.69, 9.17) is 0 Å². The van der Waals surface area contributed by atoms with Crippen molar-refractivity contribution in [3.8, 4) is 0 Å². The van der Waals surface area contributed by atoms with Gasteiger partial charge < -0.3 is 9.80 Å².